The monoisotopic (exact) mass is 320 g/mol. The molecule has 5 nitrogen and oxygen atoms in total. The van der Waals surface area contributed by atoms with Gasteiger partial charge in [-0.2, -0.15) is 0 Å². The van der Waals surface area contributed by atoms with Crippen LogP contribution in [-0.4, -0.2) is 43.5 Å². The molecule has 0 atom stereocenters. The van der Waals surface area contributed by atoms with E-state index in [0.717, 1.165) is 29.7 Å². The molecule has 0 saturated heterocycles. The number of carbonyl (C=O) groups is 2. The van der Waals surface area contributed by atoms with E-state index in [-0.39, 0.29) is 25.0 Å². The van der Waals surface area contributed by atoms with Gasteiger partial charge in [0.05, 0.1) is 19.7 Å². The van der Waals surface area contributed by atoms with Crippen LogP contribution in [0.1, 0.15) is 36.5 Å². The second-order valence-electron chi connectivity index (χ2n) is 6.07. The van der Waals surface area contributed by atoms with Crippen LogP contribution in [0.3, 0.4) is 0 Å². The smallest absolute Gasteiger partial charge is 0.320 e. The maximum atomic E-state index is 12.1. The van der Waals surface area contributed by atoms with Crippen molar-refractivity contribution < 1.29 is 14.3 Å². The minimum atomic E-state index is -0.295. The fourth-order valence-corrected chi connectivity index (χ4v) is 2.45. The van der Waals surface area contributed by atoms with Gasteiger partial charge in [-0.3, -0.25) is 14.5 Å². The molecule has 128 valence electrons. The molecule has 0 saturated carbocycles. The van der Waals surface area contributed by atoms with Gasteiger partial charge in [0, 0.05) is 5.69 Å². The molecule has 0 aliphatic heterocycles. The van der Waals surface area contributed by atoms with E-state index in [4.69, 9.17) is 4.74 Å². The molecule has 1 rings (SSSR count). The van der Waals surface area contributed by atoms with Crippen LogP contribution in [0.2, 0.25) is 0 Å². The highest BCUT2D eigenvalue weighted by Gasteiger charge is 2.13. The van der Waals surface area contributed by atoms with E-state index in [9.17, 15) is 9.59 Å². The van der Waals surface area contributed by atoms with Gasteiger partial charge in [-0.1, -0.05) is 31.0 Å². The van der Waals surface area contributed by atoms with Crippen LogP contribution in [0.25, 0.3) is 0 Å². The van der Waals surface area contributed by atoms with Crippen LogP contribution in [0, 0.1) is 20.8 Å². The Morgan fingerprint density at radius 1 is 1.13 bits per heavy atom. The first-order valence-electron chi connectivity index (χ1n) is 8.05. The number of nitrogens with zero attached hydrogens (tertiary/aromatic N) is 1. The number of benzene rings is 1. The summed E-state index contributed by atoms with van der Waals surface area (Å²) in [4.78, 5) is 25.4. The van der Waals surface area contributed by atoms with Crippen molar-refractivity contribution in [3.05, 3.63) is 28.8 Å². The van der Waals surface area contributed by atoms with E-state index in [1.54, 1.807) is 11.9 Å². The molecule has 0 aliphatic carbocycles. The molecule has 1 N–H and O–H groups in total. The number of esters is 1. The zero-order valence-electron chi connectivity index (χ0n) is 14.9. The highest BCUT2D eigenvalue weighted by Crippen LogP contribution is 2.21. The number of likely N-dealkylation sites (N-methyl/N-ethyl adjacent to an activating group) is 1. The Morgan fingerprint density at radius 3 is 2.30 bits per heavy atom. The summed E-state index contributed by atoms with van der Waals surface area (Å²) in [5, 5.41) is 2.93. The third-order valence-electron chi connectivity index (χ3n) is 3.51. The van der Waals surface area contributed by atoms with Gasteiger partial charge in [0.1, 0.15) is 0 Å². The number of amides is 1. The predicted molar refractivity (Wildman–Crippen MR) is 92.6 cm³/mol. The van der Waals surface area contributed by atoms with Gasteiger partial charge in [-0.05, 0) is 45.4 Å². The van der Waals surface area contributed by atoms with E-state index in [2.05, 4.69) is 5.32 Å². The van der Waals surface area contributed by atoms with Gasteiger partial charge in [0.25, 0.3) is 0 Å². The zero-order chi connectivity index (χ0) is 17.4. The topological polar surface area (TPSA) is 58.6 Å². The molecule has 5 heteroatoms. The van der Waals surface area contributed by atoms with E-state index < -0.39 is 0 Å². The van der Waals surface area contributed by atoms with Gasteiger partial charge < -0.3 is 10.1 Å². The number of ether oxygens (including phenoxy) is 1. The third kappa shape index (κ3) is 6.82. The van der Waals surface area contributed by atoms with Crippen molar-refractivity contribution in [2.24, 2.45) is 0 Å². The van der Waals surface area contributed by atoms with E-state index in [1.807, 2.05) is 39.8 Å². The number of aryl methyl sites for hydroxylation is 3. The number of anilines is 1. The van der Waals surface area contributed by atoms with Crippen molar-refractivity contribution in [2.45, 2.75) is 40.5 Å². The van der Waals surface area contributed by atoms with Crippen LogP contribution in [0.5, 0.6) is 0 Å². The van der Waals surface area contributed by atoms with Gasteiger partial charge in [-0.15, -0.1) is 0 Å². The van der Waals surface area contributed by atoms with Crippen molar-refractivity contribution in [3.63, 3.8) is 0 Å². The molecule has 0 fully saturated rings. The summed E-state index contributed by atoms with van der Waals surface area (Å²) in [7, 11) is 1.73. The van der Waals surface area contributed by atoms with Crippen LogP contribution >= 0.6 is 0 Å². The van der Waals surface area contributed by atoms with Crippen LogP contribution in [0.15, 0.2) is 12.1 Å². The average Bonchev–Trinajstić information content (AvgIpc) is 2.42. The Hall–Kier alpha value is -1.88. The highest BCUT2D eigenvalue weighted by atomic mass is 16.5. The number of rotatable bonds is 8. The quantitative estimate of drug-likeness (QED) is 0.591. The highest BCUT2D eigenvalue weighted by molar-refractivity contribution is 5.94. The summed E-state index contributed by atoms with van der Waals surface area (Å²) in [6.07, 6.45) is 1.85. The van der Waals surface area contributed by atoms with Crippen molar-refractivity contribution in [3.8, 4) is 0 Å². The zero-order valence-corrected chi connectivity index (χ0v) is 14.9. The molecular formula is C18H28N2O3. The van der Waals surface area contributed by atoms with Crippen molar-refractivity contribution in [2.75, 3.05) is 32.1 Å². The lowest BCUT2D eigenvalue weighted by Crippen LogP contribution is -2.35. The van der Waals surface area contributed by atoms with Gasteiger partial charge in [-0.25, -0.2) is 0 Å². The molecular weight excluding hydrogens is 292 g/mol. The van der Waals surface area contributed by atoms with Gasteiger partial charge >= 0.3 is 5.97 Å². The van der Waals surface area contributed by atoms with E-state index >= 15 is 0 Å². The molecule has 0 bridgehead atoms. The van der Waals surface area contributed by atoms with Crippen LogP contribution < -0.4 is 5.32 Å². The molecule has 1 aromatic carbocycles. The first-order valence-corrected chi connectivity index (χ1v) is 8.05. The molecule has 0 aliphatic rings. The van der Waals surface area contributed by atoms with Crippen molar-refractivity contribution in [1.82, 2.24) is 4.90 Å². The SMILES string of the molecule is CCCCOC(=O)CN(C)CC(=O)Nc1c(C)cc(C)cc1C. The molecule has 0 unspecified atom stereocenters. The van der Waals surface area contributed by atoms with Crippen molar-refractivity contribution in [1.29, 1.82) is 0 Å². The summed E-state index contributed by atoms with van der Waals surface area (Å²) >= 11 is 0. The fraction of sp³-hybridized carbons (Fsp3) is 0.556. The minimum Gasteiger partial charge on any atom is -0.465 e. The molecule has 0 aromatic heterocycles. The molecule has 0 radical (unpaired) electrons. The van der Waals surface area contributed by atoms with Gasteiger partial charge in [0.15, 0.2) is 0 Å². The second-order valence-corrected chi connectivity index (χ2v) is 6.07. The second kappa shape index (κ2) is 9.30. The maximum absolute atomic E-state index is 12.1. The Kier molecular flexibility index (Phi) is 7.75. The average molecular weight is 320 g/mol. The maximum Gasteiger partial charge on any atom is 0.320 e. The van der Waals surface area contributed by atoms with Crippen LogP contribution in [0.4, 0.5) is 5.69 Å². The predicted octanol–water partition coefficient (Wildman–Crippen LogP) is 2.83. The molecule has 0 heterocycles. The molecule has 1 amide bonds. The first kappa shape index (κ1) is 19.2. The Labute approximate surface area is 139 Å². The number of carbonyl (C=O) groups excluding carboxylic acids is 2. The third-order valence-corrected chi connectivity index (χ3v) is 3.51. The summed E-state index contributed by atoms with van der Waals surface area (Å²) in [5.74, 6) is -0.430. The van der Waals surface area contributed by atoms with Crippen LogP contribution in [-0.2, 0) is 14.3 Å². The van der Waals surface area contributed by atoms with Crippen molar-refractivity contribution >= 4 is 17.6 Å². The molecule has 0 spiro atoms. The largest absolute Gasteiger partial charge is 0.465 e. The molecule has 23 heavy (non-hydrogen) atoms. The lowest BCUT2D eigenvalue weighted by atomic mass is 10.1. The number of unbranched alkanes of at least 4 members (excludes halogenated alkanes) is 1. The normalized spacial score (nSPS) is 10.7. The Bertz CT molecular complexity index is 532. The van der Waals surface area contributed by atoms with E-state index in [1.165, 1.54) is 5.56 Å². The standard InChI is InChI=1S/C18H28N2O3/c1-6-7-8-23-17(22)12-20(5)11-16(21)19-18-14(3)9-13(2)10-15(18)4/h9-10H,6-8,11-12H2,1-5H3,(H,19,21). The summed E-state index contributed by atoms with van der Waals surface area (Å²) in [6.45, 7) is 8.73. The Morgan fingerprint density at radius 2 is 1.74 bits per heavy atom. The minimum absolute atomic E-state index is 0.114. The first-order chi connectivity index (χ1) is 10.8. The molecule has 1 aromatic rings. The summed E-state index contributed by atoms with van der Waals surface area (Å²) in [5.41, 5.74) is 4.10. The number of hydrogen-bond donors (Lipinski definition) is 1. The number of nitrogens with one attached hydrogen (secondary N) is 1. The number of hydrogen-bond acceptors (Lipinski definition) is 4. The summed E-state index contributed by atoms with van der Waals surface area (Å²) in [6, 6.07) is 4.08. The lowest BCUT2D eigenvalue weighted by Gasteiger charge is -2.17. The Balaban J connectivity index is 2.49. The fourth-order valence-electron chi connectivity index (χ4n) is 2.45. The van der Waals surface area contributed by atoms with Gasteiger partial charge in [0.2, 0.25) is 5.91 Å². The summed E-state index contributed by atoms with van der Waals surface area (Å²) < 4.78 is 5.09. The van der Waals surface area contributed by atoms with E-state index in [0.29, 0.717) is 6.61 Å². The lowest BCUT2D eigenvalue weighted by molar-refractivity contribution is -0.144.